The van der Waals surface area contributed by atoms with Gasteiger partial charge < -0.3 is 27.0 Å². The number of hydrogen-bond acceptors (Lipinski definition) is 8. The van der Waals surface area contributed by atoms with Crippen molar-refractivity contribution in [1.82, 2.24) is 36.6 Å². The third kappa shape index (κ3) is 8.12. The summed E-state index contributed by atoms with van der Waals surface area (Å²) in [5.74, 6) is 0.281. The van der Waals surface area contributed by atoms with Gasteiger partial charge in [-0.05, 0) is 122 Å². The van der Waals surface area contributed by atoms with Gasteiger partial charge in [0.2, 0.25) is 17.6 Å². The number of amides is 3. The summed E-state index contributed by atoms with van der Waals surface area (Å²) in [5, 5.41) is 26.4. The van der Waals surface area contributed by atoms with Gasteiger partial charge in [0.25, 0.3) is 5.91 Å². The fourth-order valence-corrected chi connectivity index (χ4v) is 6.55. The number of benzene rings is 3. The van der Waals surface area contributed by atoms with Crippen LogP contribution in [0, 0.1) is 18.8 Å². The summed E-state index contributed by atoms with van der Waals surface area (Å²) >= 11 is 0. The first-order chi connectivity index (χ1) is 23.4. The predicted molar refractivity (Wildman–Crippen MR) is 184 cm³/mol. The summed E-state index contributed by atoms with van der Waals surface area (Å²) in [5.41, 5.74) is 11.7. The number of hydrogen-bond donors (Lipinski definition) is 6. The van der Waals surface area contributed by atoms with E-state index in [1.807, 2.05) is 49.4 Å². The first-order valence-corrected chi connectivity index (χ1v) is 16.7. The monoisotopic (exact) mass is 649 g/mol. The average molecular weight is 650 g/mol. The van der Waals surface area contributed by atoms with Crippen LogP contribution in [-0.4, -0.2) is 70.1 Å². The average Bonchev–Trinajstić information content (AvgIpc) is 3.84. The summed E-state index contributed by atoms with van der Waals surface area (Å²) in [6, 6.07) is 20.2. The van der Waals surface area contributed by atoms with Crippen LogP contribution in [0.15, 0.2) is 66.7 Å². The lowest BCUT2D eigenvalue weighted by Crippen LogP contribution is -2.48. The zero-order chi connectivity index (χ0) is 33.5. The fourth-order valence-electron chi connectivity index (χ4n) is 6.55. The molecule has 6 rings (SSSR count). The molecule has 0 bridgehead atoms. The Morgan fingerprint density at radius 1 is 0.938 bits per heavy atom. The minimum absolute atomic E-state index is 0.0767. The van der Waals surface area contributed by atoms with Crippen molar-refractivity contribution in [2.45, 2.75) is 57.5 Å². The molecular formula is C36H43N9O3. The second-order valence-corrected chi connectivity index (χ2v) is 12.9. The number of anilines is 1. The van der Waals surface area contributed by atoms with E-state index < -0.39 is 6.04 Å². The van der Waals surface area contributed by atoms with Crippen LogP contribution in [0.2, 0.25) is 0 Å². The SMILES string of the molecule is Cc1ccc(C(=O)N[C@@H]2CCNC2)cc1-c1ccc(C[C@H](NC(=O)[C@H]2CC[C@H](CN)CC2)C(=O)Nc2ccc(-c3nn[nH]n3)cc2)cc1. The lowest BCUT2D eigenvalue weighted by atomic mass is 9.81. The molecule has 7 N–H and O–H groups in total. The van der Waals surface area contributed by atoms with Crippen LogP contribution in [-0.2, 0) is 16.0 Å². The number of rotatable bonds is 11. The van der Waals surface area contributed by atoms with E-state index in [9.17, 15) is 14.4 Å². The van der Waals surface area contributed by atoms with Gasteiger partial charge in [0.1, 0.15) is 6.04 Å². The van der Waals surface area contributed by atoms with E-state index in [1.54, 1.807) is 24.3 Å². The van der Waals surface area contributed by atoms with Crippen molar-refractivity contribution in [3.05, 3.63) is 83.4 Å². The van der Waals surface area contributed by atoms with E-state index in [2.05, 4.69) is 41.9 Å². The molecule has 1 saturated heterocycles. The molecule has 2 aliphatic rings. The normalized spacial score (nSPS) is 19.8. The second-order valence-electron chi connectivity index (χ2n) is 12.9. The molecule has 12 nitrogen and oxygen atoms in total. The van der Waals surface area contributed by atoms with Crippen molar-refractivity contribution in [3.63, 3.8) is 0 Å². The molecule has 0 unspecified atom stereocenters. The Morgan fingerprint density at radius 2 is 1.69 bits per heavy atom. The highest BCUT2D eigenvalue weighted by molar-refractivity contribution is 5.98. The van der Waals surface area contributed by atoms with Gasteiger partial charge in [0, 0.05) is 41.7 Å². The van der Waals surface area contributed by atoms with Gasteiger partial charge in [-0.15, -0.1) is 10.2 Å². The van der Waals surface area contributed by atoms with Crippen LogP contribution in [0.4, 0.5) is 5.69 Å². The van der Waals surface area contributed by atoms with Crippen LogP contribution < -0.4 is 27.0 Å². The van der Waals surface area contributed by atoms with Gasteiger partial charge in [0.15, 0.2) is 0 Å². The molecule has 250 valence electrons. The first-order valence-electron chi connectivity index (χ1n) is 16.7. The molecule has 2 fully saturated rings. The number of aromatic amines is 1. The van der Waals surface area contributed by atoms with Gasteiger partial charge in [-0.3, -0.25) is 14.4 Å². The minimum atomic E-state index is -0.786. The lowest BCUT2D eigenvalue weighted by Gasteiger charge is -2.28. The Balaban J connectivity index is 1.16. The largest absolute Gasteiger partial charge is 0.348 e. The Morgan fingerprint density at radius 3 is 2.35 bits per heavy atom. The topological polar surface area (TPSA) is 180 Å². The number of tetrazole rings is 1. The highest BCUT2D eigenvalue weighted by Crippen LogP contribution is 2.29. The van der Waals surface area contributed by atoms with E-state index in [1.165, 1.54) is 0 Å². The van der Waals surface area contributed by atoms with Gasteiger partial charge in [-0.25, -0.2) is 0 Å². The highest BCUT2D eigenvalue weighted by Gasteiger charge is 2.29. The zero-order valence-corrected chi connectivity index (χ0v) is 27.2. The number of H-pyrrole nitrogens is 1. The number of nitrogens with zero attached hydrogens (tertiary/aromatic N) is 3. The van der Waals surface area contributed by atoms with Gasteiger partial charge in [-0.1, -0.05) is 30.3 Å². The third-order valence-corrected chi connectivity index (χ3v) is 9.54. The van der Waals surface area contributed by atoms with Crippen molar-refractivity contribution in [2.24, 2.45) is 17.6 Å². The highest BCUT2D eigenvalue weighted by atomic mass is 16.2. The van der Waals surface area contributed by atoms with Crippen molar-refractivity contribution in [1.29, 1.82) is 0 Å². The maximum atomic E-state index is 13.7. The molecule has 3 amide bonds. The Hall–Kier alpha value is -4.94. The number of nitrogens with one attached hydrogen (secondary N) is 5. The predicted octanol–water partition coefficient (Wildman–Crippen LogP) is 3.36. The second kappa shape index (κ2) is 15.3. The Labute approximate surface area is 280 Å². The summed E-state index contributed by atoms with van der Waals surface area (Å²) in [6.45, 7) is 4.36. The van der Waals surface area contributed by atoms with E-state index in [-0.39, 0.29) is 29.7 Å². The summed E-state index contributed by atoms with van der Waals surface area (Å²) in [6.07, 6.45) is 4.60. The van der Waals surface area contributed by atoms with Gasteiger partial charge in [0.05, 0.1) is 0 Å². The van der Waals surface area contributed by atoms with Crippen molar-refractivity contribution < 1.29 is 14.4 Å². The number of carbonyl (C=O) groups is 3. The van der Waals surface area contributed by atoms with E-state index in [0.29, 0.717) is 36.0 Å². The van der Waals surface area contributed by atoms with Crippen LogP contribution in [0.3, 0.4) is 0 Å². The van der Waals surface area contributed by atoms with Crippen LogP contribution in [0.1, 0.15) is 53.6 Å². The Bertz CT molecular complexity index is 1690. The number of carbonyl (C=O) groups excluding carboxylic acids is 3. The van der Waals surface area contributed by atoms with Gasteiger partial charge in [-0.2, -0.15) is 5.21 Å². The first kappa shape index (κ1) is 33.0. The molecule has 2 atom stereocenters. The van der Waals surface area contributed by atoms with Crippen LogP contribution >= 0.6 is 0 Å². The standard InChI is InChI=1S/C36H43N9O3/c1-22-2-7-28(35(47)40-30-16-17-38-21-30)19-31(22)25-8-3-23(4-9-25)18-32(41-34(46)27-10-5-24(20-37)6-11-27)36(48)39-29-14-12-26(13-15-29)33-42-44-45-43-33/h2-4,7-9,12-15,19,24,27,30,32,38H,5-6,10-11,16-18,20-21,37H2,1H3,(H,39,48)(H,40,47)(H,41,46)(H,42,43,44,45)/t24-,27-,30-,32+/m1/s1. The number of nitrogens with two attached hydrogens (primary N) is 1. The molecule has 1 aromatic heterocycles. The molecule has 1 aliphatic heterocycles. The summed E-state index contributed by atoms with van der Waals surface area (Å²) in [4.78, 5) is 40.0. The molecule has 48 heavy (non-hydrogen) atoms. The maximum Gasteiger partial charge on any atom is 0.251 e. The molecule has 12 heteroatoms. The zero-order valence-electron chi connectivity index (χ0n) is 27.2. The van der Waals surface area contributed by atoms with Crippen LogP contribution in [0.25, 0.3) is 22.5 Å². The summed E-state index contributed by atoms with van der Waals surface area (Å²) in [7, 11) is 0. The van der Waals surface area contributed by atoms with E-state index >= 15 is 0 Å². The third-order valence-electron chi connectivity index (χ3n) is 9.54. The minimum Gasteiger partial charge on any atom is -0.348 e. The van der Waals surface area contributed by atoms with Crippen LogP contribution in [0.5, 0.6) is 0 Å². The quantitative estimate of drug-likeness (QED) is 0.143. The van der Waals surface area contributed by atoms with Crippen molar-refractivity contribution in [3.8, 4) is 22.5 Å². The number of aryl methyl sites for hydroxylation is 1. The smallest absolute Gasteiger partial charge is 0.251 e. The van der Waals surface area contributed by atoms with E-state index in [0.717, 1.165) is 73.0 Å². The fraction of sp³-hybridized carbons (Fsp3) is 0.389. The number of aromatic nitrogens is 4. The van der Waals surface area contributed by atoms with Crippen molar-refractivity contribution in [2.75, 3.05) is 25.0 Å². The molecule has 0 spiro atoms. The molecule has 4 aromatic rings. The molecule has 0 radical (unpaired) electrons. The van der Waals surface area contributed by atoms with E-state index in [4.69, 9.17) is 5.73 Å². The Kier molecular flexibility index (Phi) is 10.5. The van der Waals surface area contributed by atoms with Gasteiger partial charge >= 0.3 is 0 Å². The molecule has 1 aliphatic carbocycles. The molecule has 2 heterocycles. The lowest BCUT2D eigenvalue weighted by molar-refractivity contribution is -0.130. The summed E-state index contributed by atoms with van der Waals surface area (Å²) < 4.78 is 0. The maximum absolute atomic E-state index is 13.7. The van der Waals surface area contributed by atoms with Crippen molar-refractivity contribution >= 4 is 23.4 Å². The molecule has 1 saturated carbocycles. The molecule has 3 aromatic carbocycles. The molecular weight excluding hydrogens is 606 g/mol.